The van der Waals surface area contributed by atoms with E-state index in [1.807, 2.05) is 12.1 Å². The van der Waals surface area contributed by atoms with Gasteiger partial charge in [0.2, 0.25) is 0 Å². The Morgan fingerprint density at radius 3 is 1.84 bits per heavy atom. The number of fused-ring (bicyclic) bond motifs is 3. The van der Waals surface area contributed by atoms with Crippen LogP contribution >= 0.6 is 11.6 Å². The molecule has 0 aliphatic carbocycles. The predicted octanol–water partition coefficient (Wildman–Crippen LogP) is 10.4. The van der Waals surface area contributed by atoms with Gasteiger partial charge in [-0.25, -0.2) is 0 Å². The van der Waals surface area contributed by atoms with Crippen molar-refractivity contribution in [3.63, 3.8) is 0 Å². The van der Waals surface area contributed by atoms with Crippen LogP contribution in [0.1, 0.15) is 0 Å². The first-order chi connectivity index (χ1) is 18.8. The molecule has 2 heteroatoms. The summed E-state index contributed by atoms with van der Waals surface area (Å²) < 4.78 is 2.41. The lowest BCUT2D eigenvalue weighted by Gasteiger charge is -2.16. The topological polar surface area (TPSA) is 4.93 Å². The highest BCUT2D eigenvalue weighted by molar-refractivity contribution is 6.33. The maximum atomic E-state index is 6.68. The zero-order valence-electron chi connectivity index (χ0n) is 20.7. The fourth-order valence-electron chi connectivity index (χ4n) is 5.48. The van der Waals surface area contributed by atoms with Crippen molar-refractivity contribution < 1.29 is 0 Å². The standard InChI is InChI=1S/C36H24ClN/c37-33-22-20-28(23-32(33)26-13-5-2-6-14-26)29-15-7-9-17-34(29)38-35-18-10-8-16-30(35)31-21-19-27(24-36(31)38)25-11-3-1-4-12-25/h1-24H. The molecule has 0 amide bonds. The van der Waals surface area contributed by atoms with E-state index in [0.717, 1.165) is 33.0 Å². The third kappa shape index (κ3) is 3.80. The maximum absolute atomic E-state index is 6.68. The summed E-state index contributed by atoms with van der Waals surface area (Å²) in [7, 11) is 0. The number of nitrogens with zero attached hydrogens (tertiary/aromatic N) is 1. The minimum atomic E-state index is 0.752. The maximum Gasteiger partial charge on any atom is 0.0547 e. The molecule has 38 heavy (non-hydrogen) atoms. The SMILES string of the molecule is Clc1ccc(-c2ccccc2-n2c3ccccc3c3ccc(-c4ccccc4)cc32)cc1-c1ccccc1. The van der Waals surface area contributed by atoms with Gasteiger partial charge in [0.05, 0.1) is 16.7 Å². The number of aromatic nitrogens is 1. The van der Waals surface area contributed by atoms with E-state index in [4.69, 9.17) is 11.6 Å². The van der Waals surface area contributed by atoms with Crippen LogP contribution in [0, 0.1) is 0 Å². The minimum absolute atomic E-state index is 0.752. The Bertz CT molecular complexity index is 1920. The van der Waals surface area contributed by atoms with E-state index in [1.54, 1.807) is 0 Å². The minimum Gasteiger partial charge on any atom is -0.309 e. The fourth-order valence-corrected chi connectivity index (χ4v) is 5.71. The average molecular weight is 506 g/mol. The molecule has 0 unspecified atom stereocenters. The van der Waals surface area contributed by atoms with Crippen LogP contribution in [0.3, 0.4) is 0 Å². The second kappa shape index (κ2) is 9.37. The first-order valence-electron chi connectivity index (χ1n) is 12.8. The van der Waals surface area contributed by atoms with Crippen LogP contribution < -0.4 is 0 Å². The molecule has 6 aromatic carbocycles. The van der Waals surface area contributed by atoms with Gasteiger partial charge in [-0.05, 0) is 52.6 Å². The lowest BCUT2D eigenvalue weighted by molar-refractivity contribution is 1.18. The number of halogens is 1. The summed E-state index contributed by atoms with van der Waals surface area (Å²) in [5.74, 6) is 0. The Labute approximate surface area is 227 Å². The molecular formula is C36H24ClN. The third-order valence-corrected chi connectivity index (χ3v) is 7.62. The van der Waals surface area contributed by atoms with Crippen molar-refractivity contribution in [1.82, 2.24) is 4.57 Å². The molecule has 0 bridgehead atoms. The summed E-state index contributed by atoms with van der Waals surface area (Å²) >= 11 is 6.68. The summed E-state index contributed by atoms with van der Waals surface area (Å²) in [5, 5.41) is 3.25. The van der Waals surface area contributed by atoms with Crippen molar-refractivity contribution >= 4 is 33.4 Å². The number of benzene rings is 6. The molecule has 1 nitrogen and oxygen atoms in total. The molecule has 0 fully saturated rings. The lowest BCUT2D eigenvalue weighted by Crippen LogP contribution is -1.97. The zero-order valence-corrected chi connectivity index (χ0v) is 21.4. The lowest BCUT2D eigenvalue weighted by atomic mass is 9.97. The van der Waals surface area contributed by atoms with Crippen molar-refractivity contribution in [2.24, 2.45) is 0 Å². The second-order valence-electron chi connectivity index (χ2n) is 9.53. The van der Waals surface area contributed by atoms with E-state index in [-0.39, 0.29) is 0 Å². The van der Waals surface area contributed by atoms with Crippen LogP contribution in [0.2, 0.25) is 5.02 Å². The smallest absolute Gasteiger partial charge is 0.0547 e. The van der Waals surface area contributed by atoms with Gasteiger partial charge < -0.3 is 4.57 Å². The van der Waals surface area contributed by atoms with E-state index < -0.39 is 0 Å². The van der Waals surface area contributed by atoms with Crippen molar-refractivity contribution in [2.75, 3.05) is 0 Å². The van der Waals surface area contributed by atoms with Crippen LogP contribution in [0.25, 0.3) is 60.9 Å². The van der Waals surface area contributed by atoms with E-state index >= 15 is 0 Å². The monoisotopic (exact) mass is 505 g/mol. The summed E-state index contributed by atoms with van der Waals surface area (Å²) in [6.45, 7) is 0. The molecule has 0 aliphatic rings. The Morgan fingerprint density at radius 1 is 0.395 bits per heavy atom. The van der Waals surface area contributed by atoms with Crippen molar-refractivity contribution in [1.29, 1.82) is 0 Å². The predicted molar refractivity (Wildman–Crippen MR) is 162 cm³/mol. The van der Waals surface area contributed by atoms with Crippen LogP contribution in [0.5, 0.6) is 0 Å². The zero-order chi connectivity index (χ0) is 25.5. The van der Waals surface area contributed by atoms with Gasteiger partial charge in [0, 0.05) is 26.9 Å². The third-order valence-electron chi connectivity index (χ3n) is 7.29. The van der Waals surface area contributed by atoms with Crippen molar-refractivity contribution in [3.8, 4) is 39.1 Å². The van der Waals surface area contributed by atoms with Gasteiger partial charge in [-0.15, -0.1) is 0 Å². The molecule has 0 radical (unpaired) electrons. The summed E-state index contributed by atoms with van der Waals surface area (Å²) in [4.78, 5) is 0. The highest BCUT2D eigenvalue weighted by Crippen LogP contribution is 2.39. The summed E-state index contributed by atoms with van der Waals surface area (Å²) in [5.41, 5.74) is 10.4. The van der Waals surface area contributed by atoms with E-state index in [0.29, 0.717) is 0 Å². The van der Waals surface area contributed by atoms with Gasteiger partial charge in [-0.2, -0.15) is 0 Å². The van der Waals surface area contributed by atoms with Gasteiger partial charge in [0.1, 0.15) is 0 Å². The Balaban J connectivity index is 1.49. The molecule has 180 valence electrons. The Kier molecular flexibility index (Phi) is 5.57. The van der Waals surface area contributed by atoms with Gasteiger partial charge >= 0.3 is 0 Å². The first-order valence-corrected chi connectivity index (χ1v) is 13.2. The largest absolute Gasteiger partial charge is 0.309 e. The molecule has 0 N–H and O–H groups in total. The fraction of sp³-hybridized carbons (Fsp3) is 0. The van der Waals surface area contributed by atoms with E-state index in [2.05, 4.69) is 138 Å². The van der Waals surface area contributed by atoms with Gasteiger partial charge in [-0.1, -0.05) is 127 Å². The molecular weight excluding hydrogens is 482 g/mol. The molecule has 0 saturated carbocycles. The summed E-state index contributed by atoms with van der Waals surface area (Å²) in [6.07, 6.45) is 0. The van der Waals surface area contributed by atoms with E-state index in [1.165, 1.54) is 32.9 Å². The highest BCUT2D eigenvalue weighted by Gasteiger charge is 2.17. The normalized spacial score (nSPS) is 11.3. The molecule has 0 spiro atoms. The quantitative estimate of drug-likeness (QED) is 0.224. The summed E-state index contributed by atoms with van der Waals surface area (Å²) in [6, 6.07) is 51.4. The molecule has 0 aliphatic heterocycles. The van der Waals surface area contributed by atoms with E-state index in [9.17, 15) is 0 Å². The molecule has 0 saturated heterocycles. The molecule has 7 aromatic rings. The average Bonchev–Trinajstić information content (AvgIpc) is 3.32. The van der Waals surface area contributed by atoms with Crippen molar-refractivity contribution in [2.45, 2.75) is 0 Å². The highest BCUT2D eigenvalue weighted by atomic mass is 35.5. The molecule has 1 heterocycles. The second-order valence-corrected chi connectivity index (χ2v) is 9.94. The van der Waals surface area contributed by atoms with Gasteiger partial charge in [0.25, 0.3) is 0 Å². The number of rotatable bonds is 4. The molecule has 7 rings (SSSR count). The number of para-hydroxylation sites is 2. The van der Waals surface area contributed by atoms with Crippen molar-refractivity contribution in [3.05, 3.63) is 151 Å². The van der Waals surface area contributed by atoms with Crippen LogP contribution in [-0.4, -0.2) is 4.57 Å². The van der Waals surface area contributed by atoms with Crippen LogP contribution in [0.15, 0.2) is 146 Å². The van der Waals surface area contributed by atoms with Gasteiger partial charge in [-0.3, -0.25) is 0 Å². The van der Waals surface area contributed by atoms with Gasteiger partial charge in [0.15, 0.2) is 0 Å². The number of hydrogen-bond acceptors (Lipinski definition) is 0. The number of hydrogen-bond donors (Lipinski definition) is 0. The van der Waals surface area contributed by atoms with Crippen LogP contribution in [0.4, 0.5) is 0 Å². The Hall–Kier alpha value is -4.59. The molecule has 0 atom stereocenters. The van der Waals surface area contributed by atoms with Crippen LogP contribution in [-0.2, 0) is 0 Å². The first kappa shape index (κ1) is 22.6. The molecule has 1 aromatic heterocycles. The Morgan fingerprint density at radius 2 is 1.03 bits per heavy atom.